The number of carbonyl (C=O) groups is 2. The highest BCUT2D eigenvalue weighted by Crippen LogP contribution is 2.25. The van der Waals surface area contributed by atoms with Gasteiger partial charge < -0.3 is 14.7 Å². The molecule has 0 aromatic heterocycles. The first-order valence-corrected chi connectivity index (χ1v) is 8.09. The number of ether oxygens (including phenoxy) is 1. The summed E-state index contributed by atoms with van der Waals surface area (Å²) in [7, 11) is 0. The Kier molecular flexibility index (Phi) is 6.66. The Morgan fingerprint density at radius 2 is 1.81 bits per heavy atom. The first-order valence-electron chi connectivity index (χ1n) is 8.09. The normalized spacial score (nSPS) is 11.7. The Hall–Kier alpha value is -2.96. The van der Waals surface area contributed by atoms with Crippen molar-refractivity contribution in [2.24, 2.45) is 0 Å². The van der Waals surface area contributed by atoms with Gasteiger partial charge in [0.25, 0.3) is 5.91 Å². The van der Waals surface area contributed by atoms with Gasteiger partial charge in [-0.25, -0.2) is 8.78 Å². The smallest absolute Gasteiger partial charge is 0.305 e. The lowest BCUT2D eigenvalue weighted by atomic mass is 10.1. The zero-order valence-corrected chi connectivity index (χ0v) is 14.2. The highest BCUT2D eigenvalue weighted by Gasteiger charge is 2.27. The molecule has 2 aromatic carbocycles. The number of nitrogens with zero attached hydrogens (tertiary/aromatic N) is 1. The minimum absolute atomic E-state index is 0.000362. The minimum Gasteiger partial charge on any atom is -0.481 e. The van der Waals surface area contributed by atoms with Gasteiger partial charge in [0, 0.05) is 24.7 Å². The van der Waals surface area contributed by atoms with Crippen LogP contribution in [0.5, 0.6) is 5.75 Å². The predicted molar refractivity (Wildman–Crippen MR) is 90.7 cm³/mol. The van der Waals surface area contributed by atoms with Crippen LogP contribution in [0.1, 0.15) is 25.0 Å². The number of carboxylic acid groups (broad SMARTS) is 1. The van der Waals surface area contributed by atoms with Crippen LogP contribution >= 0.6 is 0 Å². The lowest BCUT2D eigenvalue weighted by molar-refractivity contribution is -0.141. The summed E-state index contributed by atoms with van der Waals surface area (Å²) in [5.41, 5.74) is 0.524. The topological polar surface area (TPSA) is 66.8 Å². The zero-order chi connectivity index (χ0) is 19.1. The Morgan fingerprint density at radius 3 is 2.38 bits per heavy atom. The summed E-state index contributed by atoms with van der Waals surface area (Å²) in [5.74, 6) is -3.57. The van der Waals surface area contributed by atoms with Gasteiger partial charge >= 0.3 is 5.97 Å². The monoisotopic (exact) mass is 363 g/mol. The fourth-order valence-corrected chi connectivity index (χ4v) is 2.40. The van der Waals surface area contributed by atoms with Crippen molar-refractivity contribution in [3.05, 3.63) is 65.7 Å². The van der Waals surface area contributed by atoms with E-state index in [9.17, 15) is 18.4 Å². The molecule has 0 aliphatic carbocycles. The van der Waals surface area contributed by atoms with Crippen LogP contribution in [-0.2, 0) is 9.59 Å². The number of benzene rings is 2. The maximum Gasteiger partial charge on any atom is 0.305 e. The van der Waals surface area contributed by atoms with E-state index >= 15 is 0 Å². The molecular formula is C19H19F2NO4. The molecule has 0 aliphatic heterocycles. The molecule has 0 fully saturated rings. The van der Waals surface area contributed by atoms with E-state index in [1.54, 1.807) is 37.3 Å². The van der Waals surface area contributed by atoms with Gasteiger partial charge in [0.2, 0.25) is 6.10 Å². The van der Waals surface area contributed by atoms with Crippen LogP contribution in [0.2, 0.25) is 0 Å². The SMILES string of the molecule is CCN(CCC(=O)O)C(=O)C(Oc1ccc(F)c(F)c1)c1ccccc1. The van der Waals surface area contributed by atoms with Crippen molar-refractivity contribution >= 4 is 11.9 Å². The van der Waals surface area contributed by atoms with Gasteiger partial charge in [0.05, 0.1) is 6.42 Å². The summed E-state index contributed by atoms with van der Waals surface area (Å²) in [5, 5.41) is 8.84. The molecule has 26 heavy (non-hydrogen) atoms. The third kappa shape index (κ3) is 5.02. The van der Waals surface area contributed by atoms with E-state index in [0.717, 1.165) is 12.1 Å². The number of halogens is 2. The van der Waals surface area contributed by atoms with Crippen molar-refractivity contribution in [3.63, 3.8) is 0 Å². The van der Waals surface area contributed by atoms with Gasteiger partial charge in [-0.1, -0.05) is 30.3 Å². The average Bonchev–Trinajstić information content (AvgIpc) is 2.63. The fraction of sp³-hybridized carbons (Fsp3) is 0.263. The van der Waals surface area contributed by atoms with Gasteiger partial charge in [0.1, 0.15) is 5.75 Å². The van der Waals surface area contributed by atoms with Crippen molar-refractivity contribution in [2.45, 2.75) is 19.4 Å². The quantitative estimate of drug-likeness (QED) is 0.781. The lowest BCUT2D eigenvalue weighted by Gasteiger charge is -2.26. The van der Waals surface area contributed by atoms with Gasteiger partial charge in [-0.15, -0.1) is 0 Å². The number of aliphatic carboxylic acids is 1. The van der Waals surface area contributed by atoms with E-state index < -0.39 is 29.6 Å². The number of amides is 1. The maximum absolute atomic E-state index is 13.5. The van der Waals surface area contributed by atoms with Crippen LogP contribution in [0.25, 0.3) is 0 Å². The second kappa shape index (κ2) is 8.94. The molecule has 1 N–H and O–H groups in total. The van der Waals surface area contributed by atoms with Crippen LogP contribution in [0.3, 0.4) is 0 Å². The molecule has 7 heteroatoms. The summed E-state index contributed by atoms with van der Waals surface area (Å²) in [6.45, 7) is 2.03. The van der Waals surface area contributed by atoms with Gasteiger partial charge in [-0.2, -0.15) is 0 Å². The van der Waals surface area contributed by atoms with Crippen molar-refractivity contribution in [3.8, 4) is 5.75 Å². The number of hydrogen-bond acceptors (Lipinski definition) is 3. The lowest BCUT2D eigenvalue weighted by Crippen LogP contribution is -2.38. The van der Waals surface area contributed by atoms with Crippen molar-refractivity contribution < 1.29 is 28.2 Å². The molecule has 0 saturated heterocycles. The number of carboxylic acids is 1. The van der Waals surface area contributed by atoms with Crippen LogP contribution in [-0.4, -0.2) is 35.0 Å². The summed E-state index contributed by atoms with van der Waals surface area (Å²) < 4.78 is 32.2. The molecule has 1 unspecified atom stereocenters. The second-order valence-corrected chi connectivity index (χ2v) is 5.55. The molecule has 138 valence electrons. The third-order valence-electron chi connectivity index (χ3n) is 3.76. The van der Waals surface area contributed by atoms with E-state index in [1.165, 1.54) is 11.0 Å². The summed E-state index contributed by atoms with van der Waals surface area (Å²) >= 11 is 0. The van der Waals surface area contributed by atoms with Crippen LogP contribution < -0.4 is 4.74 Å². The first kappa shape index (κ1) is 19.4. The number of hydrogen-bond donors (Lipinski definition) is 1. The van der Waals surface area contributed by atoms with Crippen molar-refractivity contribution in [1.82, 2.24) is 4.90 Å². The molecule has 1 amide bonds. The molecule has 5 nitrogen and oxygen atoms in total. The van der Waals surface area contributed by atoms with E-state index in [1.807, 2.05) is 0 Å². The summed E-state index contributed by atoms with van der Waals surface area (Å²) in [6, 6.07) is 11.6. The first-order chi connectivity index (χ1) is 12.4. The zero-order valence-electron chi connectivity index (χ0n) is 14.2. The van der Waals surface area contributed by atoms with Crippen molar-refractivity contribution in [1.29, 1.82) is 0 Å². The van der Waals surface area contributed by atoms with Gasteiger partial charge in [0.15, 0.2) is 11.6 Å². The van der Waals surface area contributed by atoms with Crippen molar-refractivity contribution in [2.75, 3.05) is 13.1 Å². The van der Waals surface area contributed by atoms with Gasteiger partial charge in [-0.3, -0.25) is 9.59 Å². The van der Waals surface area contributed by atoms with E-state index in [4.69, 9.17) is 9.84 Å². The molecule has 0 radical (unpaired) electrons. The number of likely N-dealkylation sites (N-methyl/N-ethyl adjacent to an activating group) is 1. The van der Waals surface area contributed by atoms with Crippen LogP contribution in [0.4, 0.5) is 8.78 Å². The van der Waals surface area contributed by atoms with Crippen LogP contribution in [0, 0.1) is 11.6 Å². The molecular weight excluding hydrogens is 344 g/mol. The molecule has 2 aromatic rings. The molecule has 0 heterocycles. The Balaban J connectivity index is 2.29. The number of carbonyl (C=O) groups excluding carboxylic acids is 1. The highest BCUT2D eigenvalue weighted by molar-refractivity contribution is 5.83. The molecule has 0 spiro atoms. The average molecular weight is 363 g/mol. The van der Waals surface area contributed by atoms with E-state index in [-0.39, 0.29) is 25.3 Å². The fourth-order valence-electron chi connectivity index (χ4n) is 2.40. The Labute approximate surface area is 149 Å². The predicted octanol–water partition coefficient (Wildman–Crippen LogP) is 3.41. The maximum atomic E-state index is 13.5. The van der Waals surface area contributed by atoms with E-state index in [2.05, 4.69) is 0 Å². The Morgan fingerprint density at radius 1 is 1.12 bits per heavy atom. The Bertz CT molecular complexity index is 767. The molecule has 1 atom stereocenters. The third-order valence-corrected chi connectivity index (χ3v) is 3.76. The van der Waals surface area contributed by atoms with E-state index in [0.29, 0.717) is 5.56 Å². The molecule has 2 rings (SSSR count). The van der Waals surface area contributed by atoms with Crippen LogP contribution in [0.15, 0.2) is 48.5 Å². The molecule has 0 saturated carbocycles. The molecule has 0 aliphatic rings. The summed E-state index contributed by atoms with van der Waals surface area (Å²) in [6.07, 6.45) is -1.30. The van der Waals surface area contributed by atoms with Gasteiger partial charge in [-0.05, 0) is 19.1 Å². The standard InChI is InChI=1S/C19H19F2NO4/c1-2-22(11-10-17(23)24)19(25)18(13-6-4-3-5-7-13)26-14-8-9-15(20)16(21)12-14/h3-9,12,18H,2,10-11H2,1H3,(H,23,24). The molecule has 0 bridgehead atoms. The number of rotatable bonds is 8. The summed E-state index contributed by atoms with van der Waals surface area (Å²) in [4.78, 5) is 25.0. The minimum atomic E-state index is -1.10. The second-order valence-electron chi connectivity index (χ2n) is 5.55. The largest absolute Gasteiger partial charge is 0.481 e. The highest BCUT2D eigenvalue weighted by atomic mass is 19.2.